The van der Waals surface area contributed by atoms with Crippen LogP contribution in [0.25, 0.3) is 0 Å². The van der Waals surface area contributed by atoms with Gasteiger partial charge in [0.1, 0.15) is 11.5 Å². The predicted octanol–water partition coefficient (Wildman–Crippen LogP) is 1.16. The first-order valence-corrected chi connectivity index (χ1v) is 5.60. The van der Waals surface area contributed by atoms with Crippen molar-refractivity contribution in [3.05, 3.63) is 36.0 Å². The molecule has 0 atom stereocenters. The largest absolute Gasteiger partial charge is 0.497 e. The van der Waals surface area contributed by atoms with Gasteiger partial charge in [-0.1, -0.05) is 0 Å². The summed E-state index contributed by atoms with van der Waals surface area (Å²) in [6, 6.07) is 7.37. The Bertz CT molecular complexity index is 482. The number of nitrogens with two attached hydrogens (primary N) is 1. The normalized spacial score (nSPS) is 10.3. The molecule has 0 spiro atoms. The molecule has 6 heteroatoms. The molecule has 0 aliphatic heterocycles. The maximum absolute atomic E-state index is 5.54. The zero-order valence-corrected chi connectivity index (χ0v) is 10.1. The van der Waals surface area contributed by atoms with Crippen LogP contribution in [0.3, 0.4) is 0 Å². The van der Waals surface area contributed by atoms with Crippen molar-refractivity contribution >= 4 is 0 Å². The Morgan fingerprint density at radius 2 is 1.78 bits per heavy atom. The highest BCUT2D eigenvalue weighted by Crippen LogP contribution is 2.17. The van der Waals surface area contributed by atoms with Crippen LogP contribution in [-0.2, 0) is 13.0 Å². The fourth-order valence-electron chi connectivity index (χ4n) is 1.40. The van der Waals surface area contributed by atoms with E-state index in [2.05, 4.69) is 10.2 Å². The summed E-state index contributed by atoms with van der Waals surface area (Å²) in [6.45, 7) is 0.727. The highest BCUT2D eigenvalue weighted by molar-refractivity contribution is 5.31. The Hall–Kier alpha value is -2.08. The van der Waals surface area contributed by atoms with E-state index in [0.29, 0.717) is 24.8 Å². The van der Waals surface area contributed by atoms with Gasteiger partial charge in [-0.2, -0.15) is 0 Å². The third-order valence-corrected chi connectivity index (χ3v) is 2.33. The summed E-state index contributed by atoms with van der Waals surface area (Å²) in [5, 5.41) is 7.62. The number of rotatable bonds is 6. The molecule has 0 amide bonds. The summed E-state index contributed by atoms with van der Waals surface area (Å²) in [5.74, 6) is 2.54. The van der Waals surface area contributed by atoms with Gasteiger partial charge < -0.3 is 19.6 Å². The highest BCUT2D eigenvalue weighted by atomic mass is 16.5. The van der Waals surface area contributed by atoms with E-state index < -0.39 is 0 Å². The van der Waals surface area contributed by atoms with Crippen LogP contribution in [0.4, 0.5) is 0 Å². The number of ether oxygens (including phenoxy) is 2. The van der Waals surface area contributed by atoms with Gasteiger partial charge in [-0.25, -0.2) is 0 Å². The first-order chi connectivity index (χ1) is 8.81. The van der Waals surface area contributed by atoms with Gasteiger partial charge in [0.05, 0.1) is 26.7 Å². The molecule has 0 aliphatic carbocycles. The van der Waals surface area contributed by atoms with Crippen molar-refractivity contribution in [2.45, 2.75) is 13.0 Å². The van der Waals surface area contributed by atoms with Crippen LogP contribution in [0.2, 0.25) is 0 Å². The fraction of sp³-hybridized carbons (Fsp3) is 0.333. The van der Waals surface area contributed by atoms with Gasteiger partial charge in [0.25, 0.3) is 0 Å². The smallest absolute Gasteiger partial charge is 0.230 e. The van der Waals surface area contributed by atoms with E-state index in [4.69, 9.17) is 19.6 Å². The average molecular weight is 249 g/mol. The maximum atomic E-state index is 5.54. The quantitative estimate of drug-likeness (QED) is 0.827. The Balaban J connectivity index is 1.80. The Morgan fingerprint density at radius 3 is 2.39 bits per heavy atom. The van der Waals surface area contributed by atoms with Crippen molar-refractivity contribution in [2.75, 3.05) is 13.7 Å². The molecule has 0 saturated heterocycles. The van der Waals surface area contributed by atoms with E-state index in [1.54, 1.807) is 7.11 Å². The van der Waals surface area contributed by atoms with Crippen LogP contribution in [0, 0.1) is 0 Å². The molecule has 18 heavy (non-hydrogen) atoms. The van der Waals surface area contributed by atoms with Crippen LogP contribution >= 0.6 is 0 Å². The van der Waals surface area contributed by atoms with Crippen LogP contribution in [-0.4, -0.2) is 23.9 Å². The molecule has 1 aromatic carbocycles. The van der Waals surface area contributed by atoms with Gasteiger partial charge in [0.15, 0.2) is 0 Å². The number of nitrogens with zero attached hydrogens (tertiary/aromatic N) is 2. The summed E-state index contributed by atoms with van der Waals surface area (Å²) in [6.07, 6.45) is 0.555. The molecule has 6 nitrogen and oxygen atoms in total. The lowest BCUT2D eigenvalue weighted by Crippen LogP contribution is -2.01. The van der Waals surface area contributed by atoms with Crippen molar-refractivity contribution in [2.24, 2.45) is 5.73 Å². The second kappa shape index (κ2) is 6.02. The summed E-state index contributed by atoms with van der Waals surface area (Å²) >= 11 is 0. The van der Waals surface area contributed by atoms with Crippen LogP contribution < -0.4 is 15.2 Å². The third kappa shape index (κ3) is 3.21. The van der Waals surface area contributed by atoms with E-state index in [1.165, 1.54) is 0 Å². The molecule has 1 aromatic heterocycles. The molecule has 2 aromatic rings. The molecule has 2 rings (SSSR count). The minimum absolute atomic E-state index is 0.256. The van der Waals surface area contributed by atoms with Gasteiger partial charge in [0.2, 0.25) is 11.8 Å². The maximum Gasteiger partial charge on any atom is 0.230 e. The first kappa shape index (κ1) is 12.4. The van der Waals surface area contributed by atoms with E-state index in [1.807, 2.05) is 24.3 Å². The van der Waals surface area contributed by atoms with Crippen molar-refractivity contribution in [1.82, 2.24) is 10.2 Å². The summed E-state index contributed by atoms with van der Waals surface area (Å²) in [7, 11) is 1.63. The van der Waals surface area contributed by atoms with Crippen molar-refractivity contribution in [1.29, 1.82) is 0 Å². The lowest BCUT2D eigenvalue weighted by atomic mass is 10.3. The molecule has 2 N–H and O–H groups in total. The topological polar surface area (TPSA) is 83.4 Å². The van der Waals surface area contributed by atoms with Gasteiger partial charge in [-0.3, -0.25) is 0 Å². The second-order valence-corrected chi connectivity index (χ2v) is 3.57. The third-order valence-electron chi connectivity index (χ3n) is 2.33. The number of aromatic nitrogens is 2. The van der Waals surface area contributed by atoms with Crippen molar-refractivity contribution < 1.29 is 13.9 Å². The van der Waals surface area contributed by atoms with Crippen LogP contribution in [0.5, 0.6) is 11.5 Å². The average Bonchev–Trinajstić information content (AvgIpc) is 2.87. The van der Waals surface area contributed by atoms with Gasteiger partial charge in [-0.15, -0.1) is 10.2 Å². The second-order valence-electron chi connectivity index (χ2n) is 3.57. The zero-order valence-electron chi connectivity index (χ0n) is 10.1. The molecule has 0 bridgehead atoms. The van der Waals surface area contributed by atoms with E-state index in [9.17, 15) is 0 Å². The van der Waals surface area contributed by atoms with Gasteiger partial charge in [0, 0.05) is 0 Å². The van der Waals surface area contributed by atoms with Crippen molar-refractivity contribution in [3.8, 4) is 11.5 Å². The molecular formula is C12H15N3O3. The highest BCUT2D eigenvalue weighted by Gasteiger charge is 2.04. The number of benzene rings is 1. The number of hydrogen-bond acceptors (Lipinski definition) is 6. The minimum Gasteiger partial charge on any atom is -0.497 e. The molecule has 96 valence electrons. The molecule has 0 aliphatic rings. The molecular weight excluding hydrogens is 234 g/mol. The monoisotopic (exact) mass is 249 g/mol. The molecule has 1 heterocycles. The predicted molar refractivity (Wildman–Crippen MR) is 64.4 cm³/mol. The SMILES string of the molecule is COc1ccc(OCCc2nnc(CN)o2)cc1. The Morgan fingerprint density at radius 1 is 1.11 bits per heavy atom. The Labute approximate surface area is 105 Å². The molecule has 0 unspecified atom stereocenters. The van der Waals surface area contributed by atoms with Crippen LogP contribution in [0.1, 0.15) is 11.8 Å². The van der Waals surface area contributed by atoms with E-state index in [0.717, 1.165) is 11.5 Å². The summed E-state index contributed by atoms with van der Waals surface area (Å²) in [5.41, 5.74) is 5.37. The number of methoxy groups -OCH3 is 1. The lowest BCUT2D eigenvalue weighted by Gasteiger charge is -2.05. The lowest BCUT2D eigenvalue weighted by molar-refractivity contribution is 0.303. The number of hydrogen-bond donors (Lipinski definition) is 1. The summed E-state index contributed by atoms with van der Waals surface area (Å²) < 4.78 is 15.9. The Kier molecular flexibility index (Phi) is 4.14. The molecule has 0 radical (unpaired) electrons. The van der Waals surface area contributed by atoms with E-state index in [-0.39, 0.29) is 6.54 Å². The summed E-state index contributed by atoms with van der Waals surface area (Å²) in [4.78, 5) is 0. The van der Waals surface area contributed by atoms with Gasteiger partial charge >= 0.3 is 0 Å². The van der Waals surface area contributed by atoms with Gasteiger partial charge in [-0.05, 0) is 24.3 Å². The molecule has 0 saturated carbocycles. The standard InChI is InChI=1S/C12H15N3O3/c1-16-9-2-4-10(5-3-9)17-7-6-11-14-15-12(8-13)18-11/h2-5H,6-8,13H2,1H3. The van der Waals surface area contributed by atoms with Crippen LogP contribution in [0.15, 0.2) is 28.7 Å². The van der Waals surface area contributed by atoms with Crippen molar-refractivity contribution in [3.63, 3.8) is 0 Å². The van der Waals surface area contributed by atoms with E-state index >= 15 is 0 Å². The first-order valence-electron chi connectivity index (χ1n) is 5.60. The molecule has 0 fully saturated rings. The fourth-order valence-corrected chi connectivity index (χ4v) is 1.40. The minimum atomic E-state index is 0.256. The zero-order chi connectivity index (χ0) is 12.8.